The number of carbonyl (C=O) groups excluding carboxylic acids is 2. The third kappa shape index (κ3) is 5.17. The van der Waals surface area contributed by atoms with Crippen molar-refractivity contribution in [3.8, 4) is 0 Å². The lowest BCUT2D eigenvalue weighted by atomic mass is 9.95. The van der Waals surface area contributed by atoms with Gasteiger partial charge in [-0.2, -0.15) is 0 Å². The van der Waals surface area contributed by atoms with Crippen molar-refractivity contribution < 1.29 is 22.7 Å². The van der Waals surface area contributed by atoms with Gasteiger partial charge in [-0.05, 0) is 75.8 Å². The molecule has 1 aliphatic rings. The second-order valence-electron chi connectivity index (χ2n) is 9.07. The lowest BCUT2D eigenvalue weighted by Crippen LogP contribution is -2.38. The number of benzene rings is 2. The van der Waals surface area contributed by atoms with Crippen LogP contribution in [0, 0.1) is 20.8 Å². The molecule has 0 aliphatic heterocycles. The number of hydrogen-bond acceptors (Lipinski definition) is 6. The van der Waals surface area contributed by atoms with E-state index in [0.717, 1.165) is 57.1 Å². The molecule has 190 valence electrons. The zero-order chi connectivity index (χ0) is 26.0. The van der Waals surface area contributed by atoms with Crippen molar-refractivity contribution in [1.29, 1.82) is 0 Å². The molecule has 1 heterocycles. The first-order chi connectivity index (χ1) is 17.1. The number of thiophene rings is 1. The molecule has 1 amide bonds. The first-order valence-electron chi connectivity index (χ1n) is 11.8. The summed E-state index contributed by atoms with van der Waals surface area (Å²) < 4.78 is 33.6. The fraction of sp³-hybridized carbons (Fsp3) is 0.333. The molecule has 0 radical (unpaired) electrons. The number of hydrogen-bond donors (Lipinski definition) is 1. The molecule has 0 atom stereocenters. The lowest BCUT2D eigenvalue weighted by molar-refractivity contribution is -0.114. The van der Waals surface area contributed by atoms with Crippen LogP contribution < -0.4 is 9.62 Å². The highest BCUT2D eigenvalue weighted by Gasteiger charge is 2.31. The smallest absolute Gasteiger partial charge is 0.341 e. The average Bonchev–Trinajstić information content (AvgIpc) is 3.20. The maximum atomic E-state index is 13.7. The number of carbonyl (C=O) groups is 2. The highest BCUT2D eigenvalue weighted by atomic mass is 32.2. The van der Waals surface area contributed by atoms with Gasteiger partial charge < -0.3 is 10.1 Å². The van der Waals surface area contributed by atoms with E-state index in [1.807, 2.05) is 32.9 Å². The van der Waals surface area contributed by atoms with Crippen LogP contribution in [-0.4, -0.2) is 33.9 Å². The molecule has 7 nitrogen and oxygen atoms in total. The summed E-state index contributed by atoms with van der Waals surface area (Å²) in [7, 11) is -2.73. The Labute approximate surface area is 216 Å². The summed E-state index contributed by atoms with van der Waals surface area (Å²) >= 11 is 1.37. The van der Waals surface area contributed by atoms with Gasteiger partial charge in [0.15, 0.2) is 0 Å². The Hall–Kier alpha value is -3.17. The molecule has 36 heavy (non-hydrogen) atoms. The summed E-state index contributed by atoms with van der Waals surface area (Å²) in [6.07, 6.45) is 3.59. The van der Waals surface area contributed by atoms with E-state index < -0.39 is 28.4 Å². The number of fused-ring (bicyclic) bond motifs is 1. The van der Waals surface area contributed by atoms with Gasteiger partial charge in [0.05, 0.1) is 23.3 Å². The second kappa shape index (κ2) is 10.4. The summed E-state index contributed by atoms with van der Waals surface area (Å²) in [6.45, 7) is 5.18. The highest BCUT2D eigenvalue weighted by Crippen LogP contribution is 2.38. The monoisotopic (exact) mass is 526 g/mol. The van der Waals surface area contributed by atoms with Gasteiger partial charge in [0, 0.05) is 4.88 Å². The van der Waals surface area contributed by atoms with Crippen LogP contribution in [0.15, 0.2) is 47.4 Å². The van der Waals surface area contributed by atoms with Gasteiger partial charge in [-0.15, -0.1) is 11.3 Å². The number of esters is 1. The van der Waals surface area contributed by atoms with E-state index >= 15 is 0 Å². The molecule has 0 spiro atoms. The number of ether oxygens (including phenoxy) is 1. The molecular formula is C27H30N2O5S2. The van der Waals surface area contributed by atoms with Crippen molar-refractivity contribution in [3.05, 3.63) is 75.2 Å². The second-order valence-corrected chi connectivity index (χ2v) is 12.0. The first-order valence-corrected chi connectivity index (χ1v) is 14.1. The van der Waals surface area contributed by atoms with Gasteiger partial charge in [-0.1, -0.05) is 35.4 Å². The summed E-state index contributed by atoms with van der Waals surface area (Å²) in [5.74, 6) is -1.03. The van der Waals surface area contributed by atoms with Crippen LogP contribution in [0.3, 0.4) is 0 Å². The standard InChI is InChI=1S/C27H30N2O5S2/c1-17-9-12-20(13-10-17)36(32,33)29(22-14-11-18(2)15-19(22)3)16-24(30)28-26-25(27(31)34-4)21-7-5-6-8-23(21)35-26/h9-15H,5-8,16H2,1-4H3,(H,28,30). The van der Waals surface area contributed by atoms with Gasteiger partial charge in [0.1, 0.15) is 11.5 Å². The molecule has 3 aromatic rings. The topological polar surface area (TPSA) is 92.8 Å². The van der Waals surface area contributed by atoms with E-state index in [4.69, 9.17) is 4.74 Å². The molecular weight excluding hydrogens is 496 g/mol. The lowest BCUT2D eigenvalue weighted by Gasteiger charge is -2.26. The van der Waals surface area contributed by atoms with Crippen molar-refractivity contribution in [2.24, 2.45) is 0 Å². The number of nitrogens with zero attached hydrogens (tertiary/aromatic N) is 1. The molecule has 4 rings (SSSR count). The Bertz CT molecular complexity index is 1410. The molecule has 2 aromatic carbocycles. The number of anilines is 2. The van der Waals surface area contributed by atoms with E-state index in [-0.39, 0.29) is 4.90 Å². The van der Waals surface area contributed by atoms with Crippen LogP contribution in [0.2, 0.25) is 0 Å². The highest BCUT2D eigenvalue weighted by molar-refractivity contribution is 7.92. The fourth-order valence-corrected chi connectivity index (χ4v) is 7.27. The van der Waals surface area contributed by atoms with Crippen molar-refractivity contribution in [3.63, 3.8) is 0 Å². The van der Waals surface area contributed by atoms with Crippen LogP contribution in [-0.2, 0) is 32.4 Å². The summed E-state index contributed by atoms with van der Waals surface area (Å²) in [5, 5.41) is 3.23. The Balaban J connectivity index is 1.70. The van der Waals surface area contributed by atoms with E-state index in [9.17, 15) is 18.0 Å². The fourth-order valence-electron chi connectivity index (χ4n) is 4.49. The van der Waals surface area contributed by atoms with Gasteiger partial charge in [0.2, 0.25) is 5.91 Å². The molecule has 0 saturated heterocycles. The predicted octanol–water partition coefficient (Wildman–Crippen LogP) is 5.17. The number of nitrogens with one attached hydrogen (secondary N) is 1. The van der Waals surface area contributed by atoms with Gasteiger partial charge >= 0.3 is 5.97 Å². The Kier molecular flexibility index (Phi) is 7.51. The third-order valence-corrected chi connectivity index (χ3v) is 9.31. The number of methoxy groups -OCH3 is 1. The number of amides is 1. The Morgan fingerprint density at radius 2 is 1.67 bits per heavy atom. The summed E-state index contributed by atoms with van der Waals surface area (Å²) in [4.78, 5) is 27.1. The normalized spacial score (nSPS) is 13.1. The van der Waals surface area contributed by atoms with Crippen LogP contribution in [0.25, 0.3) is 0 Å². The number of aryl methyl sites for hydroxylation is 4. The van der Waals surface area contributed by atoms with Crippen LogP contribution in [0.5, 0.6) is 0 Å². The minimum absolute atomic E-state index is 0.0997. The zero-order valence-electron chi connectivity index (χ0n) is 20.9. The quantitative estimate of drug-likeness (QED) is 0.429. The van der Waals surface area contributed by atoms with E-state index in [1.54, 1.807) is 30.3 Å². The van der Waals surface area contributed by atoms with Crippen molar-refractivity contribution in [2.75, 3.05) is 23.3 Å². The SMILES string of the molecule is COC(=O)c1c(NC(=O)CN(c2ccc(C)cc2C)S(=O)(=O)c2ccc(C)cc2)sc2c1CCCC2. The number of sulfonamides is 1. The summed E-state index contributed by atoms with van der Waals surface area (Å²) in [5.41, 5.74) is 4.38. The van der Waals surface area contributed by atoms with Crippen molar-refractivity contribution in [1.82, 2.24) is 0 Å². The molecule has 9 heteroatoms. The largest absolute Gasteiger partial charge is 0.465 e. The van der Waals surface area contributed by atoms with Crippen molar-refractivity contribution >= 4 is 43.9 Å². The van der Waals surface area contributed by atoms with E-state index in [0.29, 0.717) is 16.3 Å². The molecule has 0 unspecified atom stereocenters. The number of rotatable bonds is 7. The van der Waals surface area contributed by atoms with E-state index in [1.165, 1.54) is 18.4 Å². The van der Waals surface area contributed by atoms with Crippen LogP contribution in [0.1, 0.15) is 50.3 Å². The van der Waals surface area contributed by atoms with Crippen LogP contribution in [0.4, 0.5) is 10.7 Å². The predicted molar refractivity (Wildman–Crippen MR) is 143 cm³/mol. The van der Waals surface area contributed by atoms with Gasteiger partial charge in [-0.3, -0.25) is 9.10 Å². The maximum Gasteiger partial charge on any atom is 0.341 e. The van der Waals surface area contributed by atoms with Gasteiger partial charge in [0.25, 0.3) is 10.0 Å². The molecule has 1 aromatic heterocycles. The molecule has 0 bridgehead atoms. The molecule has 0 fully saturated rings. The van der Waals surface area contributed by atoms with Crippen LogP contribution >= 0.6 is 11.3 Å². The maximum absolute atomic E-state index is 13.7. The third-order valence-electron chi connectivity index (χ3n) is 6.33. The average molecular weight is 527 g/mol. The first kappa shape index (κ1) is 25.9. The minimum atomic E-state index is -4.04. The summed E-state index contributed by atoms with van der Waals surface area (Å²) in [6, 6.07) is 12.0. The Morgan fingerprint density at radius 1 is 1.00 bits per heavy atom. The molecule has 1 aliphatic carbocycles. The van der Waals surface area contributed by atoms with Crippen molar-refractivity contribution in [2.45, 2.75) is 51.3 Å². The van der Waals surface area contributed by atoms with Gasteiger partial charge in [-0.25, -0.2) is 13.2 Å². The van der Waals surface area contributed by atoms with E-state index in [2.05, 4.69) is 5.32 Å². The Morgan fingerprint density at radius 3 is 2.33 bits per heavy atom. The zero-order valence-corrected chi connectivity index (χ0v) is 22.5. The minimum Gasteiger partial charge on any atom is -0.465 e. The molecule has 0 saturated carbocycles. The molecule has 1 N–H and O–H groups in total.